The second-order valence-corrected chi connectivity index (χ2v) is 8.42. The van der Waals surface area contributed by atoms with Gasteiger partial charge in [-0.2, -0.15) is 5.01 Å². The summed E-state index contributed by atoms with van der Waals surface area (Å²) in [5, 5.41) is 4.22. The Balaban J connectivity index is 1.52. The topological polar surface area (TPSA) is 104 Å². The minimum atomic E-state index is -0.890. The summed E-state index contributed by atoms with van der Waals surface area (Å²) in [5.74, 6) is -0.379. The molecule has 2 aromatic rings. The van der Waals surface area contributed by atoms with Gasteiger partial charge in [0.2, 0.25) is 0 Å². The van der Waals surface area contributed by atoms with E-state index in [0.717, 1.165) is 17.9 Å². The van der Waals surface area contributed by atoms with Crippen molar-refractivity contribution in [3.8, 4) is 10.7 Å². The molecule has 1 spiro atoms. The second kappa shape index (κ2) is 6.97. The molecule has 4 rings (SSSR count). The molecule has 4 amide bonds. The van der Waals surface area contributed by atoms with Crippen molar-refractivity contribution in [2.75, 3.05) is 0 Å². The van der Waals surface area contributed by atoms with Crippen LogP contribution in [0.25, 0.3) is 10.7 Å². The van der Waals surface area contributed by atoms with Gasteiger partial charge in [-0.15, -0.1) is 11.3 Å². The van der Waals surface area contributed by atoms with Crippen LogP contribution in [0, 0.1) is 12.8 Å². The summed E-state index contributed by atoms with van der Waals surface area (Å²) in [6.45, 7) is 3.85. The number of aromatic nitrogens is 2. The molecule has 146 valence electrons. The van der Waals surface area contributed by atoms with Crippen molar-refractivity contribution in [3.05, 3.63) is 35.0 Å². The van der Waals surface area contributed by atoms with E-state index in [0.29, 0.717) is 40.0 Å². The highest BCUT2D eigenvalue weighted by Gasteiger charge is 2.53. The number of carbonyl (C=O) groups is 3. The van der Waals surface area contributed by atoms with Gasteiger partial charge in [-0.1, -0.05) is 13.0 Å². The van der Waals surface area contributed by atoms with Crippen LogP contribution in [0.4, 0.5) is 4.79 Å². The lowest BCUT2D eigenvalue weighted by Gasteiger charge is -2.33. The number of hydrogen-bond acceptors (Lipinski definition) is 6. The molecule has 2 aromatic heterocycles. The highest BCUT2D eigenvalue weighted by molar-refractivity contribution is 7.17. The van der Waals surface area contributed by atoms with E-state index in [1.807, 2.05) is 12.1 Å². The maximum absolute atomic E-state index is 12.9. The fourth-order valence-corrected chi connectivity index (χ4v) is 4.61. The molecule has 0 aromatic carbocycles. The fraction of sp³-hybridized carbons (Fsp3) is 0.421. The third-order valence-corrected chi connectivity index (χ3v) is 6.57. The molecule has 2 fully saturated rings. The second-order valence-electron chi connectivity index (χ2n) is 7.42. The molecule has 0 atom stereocenters. The Hall–Kier alpha value is -2.81. The molecule has 1 aliphatic heterocycles. The zero-order valence-electron chi connectivity index (χ0n) is 15.7. The summed E-state index contributed by atoms with van der Waals surface area (Å²) in [6, 6.07) is 4.87. The molecule has 0 bridgehead atoms. The molecule has 0 radical (unpaired) electrons. The van der Waals surface area contributed by atoms with Crippen LogP contribution < -0.4 is 10.7 Å². The van der Waals surface area contributed by atoms with Gasteiger partial charge in [-0.05, 0) is 50.7 Å². The van der Waals surface area contributed by atoms with Crippen LogP contribution in [-0.4, -0.2) is 38.4 Å². The number of hydrazine groups is 1. The number of aryl methyl sites for hydroxylation is 1. The van der Waals surface area contributed by atoms with Crippen molar-refractivity contribution in [3.63, 3.8) is 0 Å². The maximum atomic E-state index is 12.9. The first-order chi connectivity index (χ1) is 13.4. The average Bonchev–Trinajstić information content (AvgIpc) is 3.19. The van der Waals surface area contributed by atoms with Crippen LogP contribution in [0.15, 0.2) is 24.4 Å². The van der Waals surface area contributed by atoms with Gasteiger partial charge in [0.15, 0.2) is 0 Å². The quantitative estimate of drug-likeness (QED) is 0.772. The van der Waals surface area contributed by atoms with E-state index < -0.39 is 17.5 Å². The van der Waals surface area contributed by atoms with E-state index >= 15 is 0 Å². The SMILES string of the molecule is Cc1nc(-c2ccccn2)sc1C(=O)NN1C(=O)NC2(CCC(C)CC2)C1=O. The van der Waals surface area contributed by atoms with E-state index in [2.05, 4.69) is 27.6 Å². The Morgan fingerprint density at radius 3 is 2.75 bits per heavy atom. The Morgan fingerprint density at radius 2 is 2.07 bits per heavy atom. The van der Waals surface area contributed by atoms with Crippen molar-refractivity contribution in [2.24, 2.45) is 5.92 Å². The summed E-state index contributed by atoms with van der Waals surface area (Å²) in [5.41, 5.74) is 2.77. The van der Waals surface area contributed by atoms with Gasteiger partial charge < -0.3 is 5.32 Å². The zero-order valence-corrected chi connectivity index (χ0v) is 16.5. The van der Waals surface area contributed by atoms with Crippen molar-refractivity contribution < 1.29 is 14.4 Å². The van der Waals surface area contributed by atoms with E-state index in [1.54, 1.807) is 19.2 Å². The molecule has 0 unspecified atom stereocenters. The average molecular weight is 399 g/mol. The lowest BCUT2D eigenvalue weighted by Crippen LogP contribution is -2.51. The van der Waals surface area contributed by atoms with Crippen molar-refractivity contribution >= 4 is 29.2 Å². The summed E-state index contributed by atoms with van der Waals surface area (Å²) in [4.78, 5) is 47.0. The van der Waals surface area contributed by atoms with Crippen molar-refractivity contribution in [1.29, 1.82) is 0 Å². The number of carbonyl (C=O) groups excluding carboxylic acids is 3. The number of rotatable bonds is 3. The van der Waals surface area contributed by atoms with Gasteiger partial charge in [0.25, 0.3) is 11.8 Å². The molecule has 2 N–H and O–H groups in total. The molecule has 2 aliphatic rings. The fourth-order valence-electron chi connectivity index (χ4n) is 3.67. The number of nitrogens with zero attached hydrogens (tertiary/aromatic N) is 3. The number of hydrogen-bond donors (Lipinski definition) is 2. The third kappa shape index (κ3) is 3.15. The predicted octanol–water partition coefficient (Wildman–Crippen LogP) is 2.66. The zero-order chi connectivity index (χ0) is 19.9. The first kappa shape index (κ1) is 18.5. The number of amides is 4. The Bertz CT molecular complexity index is 934. The maximum Gasteiger partial charge on any atom is 0.344 e. The molecule has 28 heavy (non-hydrogen) atoms. The van der Waals surface area contributed by atoms with Gasteiger partial charge in [0.1, 0.15) is 15.4 Å². The summed E-state index contributed by atoms with van der Waals surface area (Å²) in [6.07, 6.45) is 4.58. The molecule has 9 heteroatoms. The summed E-state index contributed by atoms with van der Waals surface area (Å²) >= 11 is 1.18. The van der Waals surface area contributed by atoms with Crippen molar-refractivity contribution in [2.45, 2.75) is 45.1 Å². The van der Waals surface area contributed by atoms with Crippen LogP contribution >= 0.6 is 11.3 Å². The van der Waals surface area contributed by atoms with Gasteiger partial charge >= 0.3 is 6.03 Å². The van der Waals surface area contributed by atoms with Gasteiger partial charge in [-0.25, -0.2) is 9.78 Å². The van der Waals surface area contributed by atoms with E-state index in [-0.39, 0.29) is 5.91 Å². The molecule has 8 nitrogen and oxygen atoms in total. The molecule has 1 aliphatic carbocycles. The van der Waals surface area contributed by atoms with Crippen LogP contribution in [0.2, 0.25) is 0 Å². The first-order valence-corrected chi connectivity index (χ1v) is 10.1. The van der Waals surface area contributed by atoms with Crippen LogP contribution in [0.3, 0.4) is 0 Å². The lowest BCUT2D eigenvalue weighted by atomic mass is 9.77. The molecular formula is C19H21N5O3S. The van der Waals surface area contributed by atoms with Crippen LogP contribution in [0.1, 0.15) is 48.0 Å². The molecular weight excluding hydrogens is 378 g/mol. The lowest BCUT2D eigenvalue weighted by molar-refractivity contribution is -0.134. The number of pyridine rings is 1. The molecule has 1 saturated carbocycles. The highest BCUT2D eigenvalue weighted by Crippen LogP contribution is 2.36. The monoisotopic (exact) mass is 399 g/mol. The Labute approximate surface area is 166 Å². The minimum absolute atomic E-state index is 0.347. The largest absolute Gasteiger partial charge is 0.344 e. The normalized spacial score (nSPS) is 24.5. The van der Waals surface area contributed by atoms with Crippen LogP contribution in [0.5, 0.6) is 0 Å². The van der Waals surface area contributed by atoms with Crippen molar-refractivity contribution in [1.82, 2.24) is 25.7 Å². The number of thiazole rings is 1. The Morgan fingerprint density at radius 1 is 1.32 bits per heavy atom. The third-order valence-electron chi connectivity index (χ3n) is 5.39. The molecule has 3 heterocycles. The minimum Gasteiger partial charge on any atom is -0.322 e. The van der Waals surface area contributed by atoms with Crippen LogP contribution in [-0.2, 0) is 4.79 Å². The van der Waals surface area contributed by atoms with Gasteiger partial charge in [0.05, 0.1) is 11.4 Å². The highest BCUT2D eigenvalue weighted by atomic mass is 32.1. The van der Waals surface area contributed by atoms with Gasteiger partial charge in [-0.3, -0.25) is 20.0 Å². The summed E-state index contributed by atoms with van der Waals surface area (Å²) < 4.78 is 0. The smallest absolute Gasteiger partial charge is 0.322 e. The van der Waals surface area contributed by atoms with Gasteiger partial charge in [0, 0.05) is 6.20 Å². The van der Waals surface area contributed by atoms with E-state index in [9.17, 15) is 14.4 Å². The Kier molecular flexibility index (Phi) is 4.62. The van der Waals surface area contributed by atoms with E-state index in [4.69, 9.17) is 0 Å². The number of imide groups is 1. The number of nitrogens with one attached hydrogen (secondary N) is 2. The standard InChI is InChI=1S/C19H21N5O3S/c1-11-6-8-19(9-7-11)17(26)24(18(27)22-19)23-15(25)14-12(2)21-16(28-14)13-5-3-4-10-20-13/h3-5,10-11H,6-9H2,1-2H3,(H,22,27)(H,23,25). The summed E-state index contributed by atoms with van der Waals surface area (Å²) in [7, 11) is 0. The van der Waals surface area contributed by atoms with E-state index in [1.165, 1.54) is 11.3 Å². The number of urea groups is 1. The predicted molar refractivity (Wildman–Crippen MR) is 103 cm³/mol. The molecule has 1 saturated heterocycles. The first-order valence-electron chi connectivity index (χ1n) is 9.26.